The number of hydrogen-bond acceptors (Lipinski definition) is 4. The Morgan fingerprint density at radius 2 is 2.00 bits per heavy atom. The summed E-state index contributed by atoms with van der Waals surface area (Å²) < 4.78 is 40.1. The molecule has 0 aliphatic carbocycles. The summed E-state index contributed by atoms with van der Waals surface area (Å²) in [6.07, 6.45) is 4.30. The van der Waals surface area contributed by atoms with E-state index < -0.39 is 11.7 Å². The average molecular weight is 414 g/mol. The molecule has 1 aliphatic heterocycles. The maximum atomic E-state index is 13.4. The van der Waals surface area contributed by atoms with Crippen LogP contribution in [0.5, 0.6) is 0 Å². The van der Waals surface area contributed by atoms with E-state index >= 15 is 0 Å². The molecule has 0 spiro atoms. The Hall–Kier alpha value is -2.54. The Kier molecular flexibility index (Phi) is 5.99. The molecular formula is C23H25F3N4. The first kappa shape index (κ1) is 20.7. The van der Waals surface area contributed by atoms with Crippen molar-refractivity contribution in [3.63, 3.8) is 0 Å². The number of alkyl halides is 3. The van der Waals surface area contributed by atoms with Gasteiger partial charge in [0.25, 0.3) is 0 Å². The Bertz CT molecular complexity index is 1020. The fraction of sp³-hybridized carbons (Fsp3) is 0.435. The second kappa shape index (κ2) is 8.68. The lowest BCUT2D eigenvalue weighted by Gasteiger charge is -2.35. The van der Waals surface area contributed by atoms with Crippen molar-refractivity contribution in [3.05, 3.63) is 54.1 Å². The first-order chi connectivity index (χ1) is 14.5. The van der Waals surface area contributed by atoms with Gasteiger partial charge in [0.1, 0.15) is 5.82 Å². The summed E-state index contributed by atoms with van der Waals surface area (Å²) in [5, 5.41) is 0.802. The number of pyridine rings is 1. The quantitative estimate of drug-likeness (QED) is 0.551. The molecule has 3 aromatic rings. The molecular weight excluding hydrogens is 389 g/mol. The third-order valence-electron chi connectivity index (χ3n) is 5.86. The molecule has 0 radical (unpaired) electrons. The number of halogens is 3. The summed E-state index contributed by atoms with van der Waals surface area (Å²) in [6.45, 7) is 4.24. The number of nitrogens with zero attached hydrogens (tertiary/aromatic N) is 4. The second-order valence-corrected chi connectivity index (χ2v) is 7.80. The Balaban J connectivity index is 1.59. The van der Waals surface area contributed by atoms with Crippen LogP contribution in [0.1, 0.15) is 44.0 Å². The third-order valence-corrected chi connectivity index (χ3v) is 5.86. The van der Waals surface area contributed by atoms with E-state index in [9.17, 15) is 13.2 Å². The largest absolute Gasteiger partial charge is 0.418 e. The molecule has 1 aromatic carbocycles. The van der Waals surface area contributed by atoms with Gasteiger partial charge in [0.2, 0.25) is 0 Å². The predicted molar refractivity (Wildman–Crippen MR) is 111 cm³/mol. The van der Waals surface area contributed by atoms with E-state index in [1.54, 1.807) is 24.4 Å². The van der Waals surface area contributed by atoms with Crippen LogP contribution < -0.4 is 0 Å². The van der Waals surface area contributed by atoms with Crippen LogP contribution in [0, 0.1) is 0 Å². The van der Waals surface area contributed by atoms with Crippen molar-refractivity contribution >= 4 is 10.9 Å². The molecule has 1 unspecified atom stereocenters. The number of rotatable bonds is 5. The molecule has 1 saturated heterocycles. The summed E-state index contributed by atoms with van der Waals surface area (Å²) in [4.78, 5) is 15.6. The smallest absolute Gasteiger partial charge is 0.300 e. The van der Waals surface area contributed by atoms with Gasteiger partial charge in [-0.15, -0.1) is 0 Å². The lowest BCUT2D eigenvalue weighted by atomic mass is 10.00. The van der Waals surface area contributed by atoms with Gasteiger partial charge < -0.3 is 0 Å². The maximum Gasteiger partial charge on any atom is 0.418 e. The van der Waals surface area contributed by atoms with Gasteiger partial charge in [0.15, 0.2) is 0 Å². The highest BCUT2D eigenvalue weighted by atomic mass is 19.4. The van der Waals surface area contributed by atoms with E-state index in [1.165, 1.54) is 31.5 Å². The Labute approximate surface area is 174 Å². The van der Waals surface area contributed by atoms with Crippen molar-refractivity contribution < 1.29 is 13.2 Å². The first-order valence-electron chi connectivity index (χ1n) is 10.5. The van der Waals surface area contributed by atoms with Crippen LogP contribution in [0.15, 0.2) is 42.7 Å². The number of hydrogen-bond donors (Lipinski definition) is 0. The van der Waals surface area contributed by atoms with E-state index in [0.29, 0.717) is 17.1 Å². The van der Waals surface area contributed by atoms with Crippen molar-refractivity contribution in [1.29, 1.82) is 0 Å². The third kappa shape index (κ3) is 4.46. The van der Waals surface area contributed by atoms with Crippen LogP contribution >= 0.6 is 0 Å². The Morgan fingerprint density at radius 1 is 1.13 bits per heavy atom. The van der Waals surface area contributed by atoms with E-state index in [0.717, 1.165) is 43.2 Å². The van der Waals surface area contributed by atoms with E-state index in [1.807, 2.05) is 0 Å². The SMILES string of the molecule is CCC1CCCCN1CCc1ncc2ccc(-c3ncccc3C(F)(F)F)cc2n1. The van der Waals surface area contributed by atoms with Gasteiger partial charge in [0.05, 0.1) is 16.8 Å². The number of benzene rings is 1. The topological polar surface area (TPSA) is 41.9 Å². The van der Waals surface area contributed by atoms with E-state index in [2.05, 4.69) is 26.8 Å². The highest BCUT2D eigenvalue weighted by Gasteiger charge is 2.34. The monoisotopic (exact) mass is 414 g/mol. The predicted octanol–water partition coefficient (Wildman–Crippen LogP) is 5.52. The molecule has 2 aromatic heterocycles. The van der Waals surface area contributed by atoms with Gasteiger partial charge in [-0.2, -0.15) is 13.2 Å². The van der Waals surface area contributed by atoms with Crippen LogP contribution in [0.2, 0.25) is 0 Å². The van der Waals surface area contributed by atoms with Gasteiger partial charge in [-0.3, -0.25) is 9.88 Å². The van der Waals surface area contributed by atoms with Crippen LogP contribution in [0.25, 0.3) is 22.2 Å². The summed E-state index contributed by atoms with van der Waals surface area (Å²) >= 11 is 0. The highest BCUT2D eigenvalue weighted by molar-refractivity contribution is 5.83. The number of likely N-dealkylation sites (tertiary alicyclic amines) is 1. The lowest BCUT2D eigenvalue weighted by Crippen LogP contribution is -2.40. The molecule has 1 aliphatic rings. The molecule has 0 N–H and O–H groups in total. The zero-order valence-corrected chi connectivity index (χ0v) is 17.0. The first-order valence-corrected chi connectivity index (χ1v) is 10.5. The van der Waals surface area contributed by atoms with Crippen LogP contribution in [0.4, 0.5) is 13.2 Å². The summed E-state index contributed by atoms with van der Waals surface area (Å²) in [7, 11) is 0. The zero-order chi connectivity index (χ0) is 21.1. The number of aromatic nitrogens is 3. The molecule has 4 rings (SSSR count). The van der Waals surface area contributed by atoms with Gasteiger partial charge >= 0.3 is 6.18 Å². The van der Waals surface area contributed by atoms with Gasteiger partial charge in [-0.25, -0.2) is 9.97 Å². The summed E-state index contributed by atoms with van der Waals surface area (Å²) in [6, 6.07) is 8.05. The Morgan fingerprint density at radius 3 is 2.80 bits per heavy atom. The van der Waals surface area contributed by atoms with Crippen molar-refractivity contribution in [2.24, 2.45) is 0 Å². The minimum Gasteiger partial charge on any atom is -0.300 e. The second-order valence-electron chi connectivity index (χ2n) is 7.80. The average Bonchev–Trinajstić information content (AvgIpc) is 2.76. The van der Waals surface area contributed by atoms with Gasteiger partial charge in [-0.1, -0.05) is 25.5 Å². The number of piperidine rings is 1. The van der Waals surface area contributed by atoms with Crippen LogP contribution in [-0.4, -0.2) is 39.0 Å². The van der Waals surface area contributed by atoms with Crippen LogP contribution in [-0.2, 0) is 12.6 Å². The van der Waals surface area contributed by atoms with Crippen molar-refractivity contribution in [1.82, 2.24) is 19.9 Å². The van der Waals surface area contributed by atoms with Crippen molar-refractivity contribution in [3.8, 4) is 11.3 Å². The molecule has 3 heterocycles. The highest BCUT2D eigenvalue weighted by Crippen LogP contribution is 2.36. The molecule has 0 bridgehead atoms. The molecule has 4 nitrogen and oxygen atoms in total. The summed E-state index contributed by atoms with van der Waals surface area (Å²) in [5.41, 5.74) is 0.226. The van der Waals surface area contributed by atoms with Gasteiger partial charge in [0, 0.05) is 42.4 Å². The normalized spacial score (nSPS) is 18.1. The van der Waals surface area contributed by atoms with Crippen LogP contribution in [0.3, 0.4) is 0 Å². The van der Waals surface area contributed by atoms with Crippen molar-refractivity contribution in [2.75, 3.05) is 13.1 Å². The molecule has 30 heavy (non-hydrogen) atoms. The fourth-order valence-electron chi connectivity index (χ4n) is 4.25. The fourth-order valence-corrected chi connectivity index (χ4v) is 4.25. The summed E-state index contributed by atoms with van der Waals surface area (Å²) in [5.74, 6) is 0.720. The zero-order valence-electron chi connectivity index (χ0n) is 17.0. The molecule has 158 valence electrons. The minimum absolute atomic E-state index is 0.0776. The molecule has 1 atom stereocenters. The van der Waals surface area contributed by atoms with E-state index in [-0.39, 0.29) is 5.69 Å². The molecule has 7 heteroatoms. The molecule has 0 saturated carbocycles. The molecule has 1 fully saturated rings. The van der Waals surface area contributed by atoms with Gasteiger partial charge in [-0.05, 0) is 44.0 Å². The maximum absolute atomic E-state index is 13.4. The van der Waals surface area contributed by atoms with E-state index in [4.69, 9.17) is 0 Å². The minimum atomic E-state index is -4.46. The van der Waals surface area contributed by atoms with Crippen molar-refractivity contribution in [2.45, 2.75) is 51.2 Å². The number of fused-ring (bicyclic) bond motifs is 1. The lowest BCUT2D eigenvalue weighted by molar-refractivity contribution is -0.137. The standard InChI is InChI=1S/C23H25F3N4/c1-2-18-6-3-4-12-30(18)13-10-21-28-15-17-9-8-16(14-20(17)29-21)22-19(23(24,25)26)7-5-11-27-22/h5,7-9,11,14-15,18H,2-4,6,10,12-13H2,1H3. The molecule has 0 amide bonds.